The van der Waals surface area contributed by atoms with E-state index in [9.17, 15) is 0 Å². The first-order chi connectivity index (χ1) is 17.6. The van der Waals surface area contributed by atoms with Gasteiger partial charge >= 0.3 is 0 Å². The van der Waals surface area contributed by atoms with Crippen LogP contribution in [0.4, 0.5) is 0 Å². The van der Waals surface area contributed by atoms with Crippen molar-refractivity contribution >= 4 is 53.9 Å². The third-order valence-electron chi connectivity index (χ3n) is 8.57. The molecule has 0 spiro atoms. The number of hydrogen-bond donors (Lipinski definition) is 0. The molecule has 0 fully saturated rings. The Labute approximate surface area is 219 Å². The Bertz CT molecular complexity index is 1940. The van der Waals surface area contributed by atoms with Crippen molar-refractivity contribution in [2.45, 2.75) is 58.8 Å². The first-order valence-electron chi connectivity index (χ1n) is 13.5. The second-order valence-electron chi connectivity index (χ2n) is 13.0. The molecule has 1 heteroatoms. The molecule has 0 saturated carbocycles. The minimum atomic E-state index is 0.0711. The SMILES string of the molecule is COc1cccc2c1c1ccccc1c1c3cc(C(C)(C)C)cc4c3c3c(cc(C(C)(C)C)cc3c21)C4. The maximum Gasteiger partial charge on any atom is 0.127 e. The number of hydrogen-bond acceptors (Lipinski definition) is 1. The van der Waals surface area contributed by atoms with Gasteiger partial charge in [-0.1, -0.05) is 90.1 Å². The summed E-state index contributed by atoms with van der Waals surface area (Å²) in [7, 11) is 1.79. The molecule has 6 aromatic rings. The molecule has 1 aliphatic carbocycles. The van der Waals surface area contributed by atoms with E-state index in [0.29, 0.717) is 0 Å². The van der Waals surface area contributed by atoms with Crippen LogP contribution in [-0.2, 0) is 17.3 Å². The van der Waals surface area contributed by atoms with Crippen molar-refractivity contribution in [3.8, 4) is 5.75 Å². The summed E-state index contributed by atoms with van der Waals surface area (Å²) < 4.78 is 5.96. The summed E-state index contributed by atoms with van der Waals surface area (Å²) in [6.07, 6.45) is 1.01. The Hall–Kier alpha value is -3.58. The van der Waals surface area contributed by atoms with E-state index in [2.05, 4.69) is 108 Å². The van der Waals surface area contributed by atoms with E-state index in [0.717, 1.165) is 12.2 Å². The molecule has 0 aromatic heterocycles. The predicted molar refractivity (Wildman–Crippen MR) is 161 cm³/mol. The Morgan fingerprint density at radius 1 is 0.514 bits per heavy atom. The largest absolute Gasteiger partial charge is 0.496 e. The average Bonchev–Trinajstić information content (AvgIpc) is 3.24. The summed E-state index contributed by atoms with van der Waals surface area (Å²) in [5, 5.41) is 13.5. The monoisotopic (exact) mass is 482 g/mol. The molecule has 0 N–H and O–H groups in total. The molecule has 0 heterocycles. The van der Waals surface area contributed by atoms with E-state index in [1.807, 2.05) is 0 Å². The summed E-state index contributed by atoms with van der Waals surface area (Å²) in [4.78, 5) is 0. The highest BCUT2D eigenvalue weighted by atomic mass is 16.5. The van der Waals surface area contributed by atoms with Gasteiger partial charge in [0.1, 0.15) is 5.75 Å². The molecule has 0 atom stereocenters. The molecule has 6 aromatic carbocycles. The summed E-state index contributed by atoms with van der Waals surface area (Å²) >= 11 is 0. The van der Waals surface area contributed by atoms with Gasteiger partial charge in [-0.3, -0.25) is 0 Å². The molecule has 0 radical (unpaired) electrons. The van der Waals surface area contributed by atoms with Gasteiger partial charge in [0.05, 0.1) is 7.11 Å². The van der Waals surface area contributed by atoms with E-state index >= 15 is 0 Å². The molecule has 37 heavy (non-hydrogen) atoms. The zero-order chi connectivity index (χ0) is 25.9. The third-order valence-corrected chi connectivity index (χ3v) is 8.57. The molecule has 1 aliphatic rings. The molecule has 0 unspecified atom stereocenters. The van der Waals surface area contributed by atoms with Gasteiger partial charge in [0.15, 0.2) is 0 Å². The van der Waals surface area contributed by atoms with E-state index in [1.165, 1.54) is 76.1 Å². The Kier molecular flexibility index (Phi) is 4.43. The van der Waals surface area contributed by atoms with E-state index in [-0.39, 0.29) is 10.8 Å². The number of rotatable bonds is 1. The van der Waals surface area contributed by atoms with Crippen molar-refractivity contribution in [1.29, 1.82) is 0 Å². The average molecular weight is 483 g/mol. The molecule has 0 bridgehead atoms. The van der Waals surface area contributed by atoms with Gasteiger partial charge in [0.2, 0.25) is 0 Å². The first-order valence-corrected chi connectivity index (χ1v) is 13.5. The van der Waals surface area contributed by atoms with Crippen LogP contribution in [0.25, 0.3) is 53.9 Å². The summed E-state index contributed by atoms with van der Waals surface area (Å²) in [5.41, 5.74) is 5.91. The van der Waals surface area contributed by atoms with Crippen molar-refractivity contribution < 1.29 is 4.74 Å². The van der Waals surface area contributed by atoms with Gasteiger partial charge in [0.25, 0.3) is 0 Å². The zero-order valence-corrected chi connectivity index (χ0v) is 23.0. The van der Waals surface area contributed by atoms with Crippen LogP contribution in [0.5, 0.6) is 5.75 Å². The molecule has 0 saturated heterocycles. The lowest BCUT2D eigenvalue weighted by Crippen LogP contribution is -2.11. The summed E-state index contributed by atoms with van der Waals surface area (Å²) in [6, 6.07) is 25.4. The highest BCUT2D eigenvalue weighted by molar-refractivity contribution is 6.41. The van der Waals surface area contributed by atoms with Gasteiger partial charge < -0.3 is 4.74 Å². The Balaban J connectivity index is 1.88. The smallest absolute Gasteiger partial charge is 0.127 e. The van der Waals surface area contributed by atoms with E-state index in [1.54, 1.807) is 7.11 Å². The number of benzene rings is 6. The van der Waals surface area contributed by atoms with Crippen LogP contribution < -0.4 is 4.74 Å². The fourth-order valence-electron chi connectivity index (χ4n) is 6.67. The van der Waals surface area contributed by atoms with Crippen molar-refractivity contribution in [1.82, 2.24) is 0 Å². The van der Waals surface area contributed by atoms with E-state index < -0.39 is 0 Å². The van der Waals surface area contributed by atoms with Crippen molar-refractivity contribution in [2.75, 3.05) is 7.11 Å². The number of ether oxygens (including phenoxy) is 1. The van der Waals surface area contributed by atoms with Gasteiger partial charge in [-0.15, -0.1) is 0 Å². The summed E-state index contributed by atoms with van der Waals surface area (Å²) in [6.45, 7) is 14.0. The van der Waals surface area contributed by atoms with Crippen LogP contribution >= 0.6 is 0 Å². The second kappa shape index (κ2) is 7.25. The van der Waals surface area contributed by atoms with Crippen LogP contribution in [0.1, 0.15) is 63.8 Å². The first kappa shape index (κ1) is 22.6. The zero-order valence-electron chi connectivity index (χ0n) is 23.0. The topological polar surface area (TPSA) is 9.23 Å². The summed E-state index contributed by atoms with van der Waals surface area (Å²) in [5.74, 6) is 0.940. The lowest BCUT2D eigenvalue weighted by atomic mass is 9.80. The minimum Gasteiger partial charge on any atom is -0.496 e. The molecule has 184 valence electrons. The van der Waals surface area contributed by atoms with Crippen LogP contribution in [-0.4, -0.2) is 7.11 Å². The van der Waals surface area contributed by atoms with Gasteiger partial charge in [-0.25, -0.2) is 0 Å². The van der Waals surface area contributed by atoms with E-state index in [4.69, 9.17) is 4.74 Å². The van der Waals surface area contributed by atoms with Crippen molar-refractivity contribution in [2.24, 2.45) is 0 Å². The quantitative estimate of drug-likeness (QED) is 0.212. The fourth-order valence-corrected chi connectivity index (χ4v) is 6.67. The normalized spacial score (nSPS) is 13.7. The van der Waals surface area contributed by atoms with Gasteiger partial charge in [-0.2, -0.15) is 0 Å². The molecular weight excluding hydrogens is 448 g/mol. The molecule has 1 nitrogen and oxygen atoms in total. The number of fused-ring (bicyclic) bond motifs is 8. The van der Waals surface area contributed by atoms with Gasteiger partial charge in [0, 0.05) is 5.39 Å². The lowest BCUT2D eigenvalue weighted by molar-refractivity contribution is 0.420. The Morgan fingerprint density at radius 3 is 1.51 bits per heavy atom. The van der Waals surface area contributed by atoms with Crippen LogP contribution in [0.15, 0.2) is 66.7 Å². The highest BCUT2D eigenvalue weighted by Gasteiger charge is 2.28. The third kappa shape index (κ3) is 3.04. The maximum atomic E-state index is 5.96. The van der Waals surface area contributed by atoms with Crippen LogP contribution in [0, 0.1) is 0 Å². The minimum absolute atomic E-state index is 0.0711. The molecule has 0 aliphatic heterocycles. The predicted octanol–water partition coefficient (Wildman–Crippen LogP) is 9.96. The molecule has 7 rings (SSSR count). The fraction of sp³-hybridized carbons (Fsp3) is 0.278. The maximum absolute atomic E-state index is 5.96. The number of methoxy groups -OCH3 is 1. The van der Waals surface area contributed by atoms with Crippen LogP contribution in [0.3, 0.4) is 0 Å². The molecule has 0 amide bonds. The standard InChI is InChI=1S/C36H34O/c1-35(2,3)22-16-20-15-21-17-23(36(4,5)6)19-28-31(21)30(20)27(18-22)33-25-12-9-8-11-24(25)32-26(34(28)33)13-10-14-29(32)37-7/h8-14,16-19H,15H2,1-7H3. The Morgan fingerprint density at radius 2 is 1.00 bits per heavy atom. The highest BCUT2D eigenvalue weighted by Crippen LogP contribution is 2.51. The van der Waals surface area contributed by atoms with Crippen molar-refractivity contribution in [3.05, 3.63) is 89.0 Å². The molecular formula is C36H34O. The second-order valence-corrected chi connectivity index (χ2v) is 13.0. The van der Waals surface area contributed by atoms with Crippen molar-refractivity contribution in [3.63, 3.8) is 0 Å². The lowest BCUT2D eigenvalue weighted by Gasteiger charge is -2.23. The van der Waals surface area contributed by atoms with Crippen LogP contribution in [0.2, 0.25) is 0 Å². The van der Waals surface area contributed by atoms with Gasteiger partial charge in [-0.05, 0) is 106 Å².